The van der Waals surface area contributed by atoms with Crippen molar-refractivity contribution in [1.82, 2.24) is 14.7 Å². The van der Waals surface area contributed by atoms with E-state index in [1.165, 1.54) is 13.2 Å². The van der Waals surface area contributed by atoms with Crippen LogP contribution in [0.5, 0.6) is 0 Å². The Labute approximate surface area is 157 Å². The van der Waals surface area contributed by atoms with Crippen molar-refractivity contribution >= 4 is 17.7 Å². The van der Waals surface area contributed by atoms with E-state index in [9.17, 15) is 14.4 Å². The number of nitrogens with zero attached hydrogens (tertiary/aromatic N) is 3. The number of piperazine rings is 1. The Bertz CT molecular complexity index is 761. The minimum atomic E-state index is -0.159. The molecule has 0 aliphatic carbocycles. The molecule has 0 bridgehead atoms. The highest BCUT2D eigenvalue weighted by Gasteiger charge is 2.26. The van der Waals surface area contributed by atoms with Crippen LogP contribution in [0.1, 0.15) is 29.7 Å². The molecule has 2 aromatic heterocycles. The molecule has 0 spiro atoms. The summed E-state index contributed by atoms with van der Waals surface area (Å²) in [7, 11) is 0. The zero-order chi connectivity index (χ0) is 19.2. The average Bonchev–Trinajstić information content (AvgIpc) is 3.38. The molecule has 0 radical (unpaired) electrons. The van der Waals surface area contributed by atoms with Gasteiger partial charge in [-0.1, -0.05) is 0 Å². The number of carbonyl (C=O) groups excluding carboxylic acids is 3. The van der Waals surface area contributed by atoms with Crippen LogP contribution in [0.4, 0.5) is 0 Å². The summed E-state index contributed by atoms with van der Waals surface area (Å²) in [5, 5.41) is 0. The number of carbonyl (C=O) groups is 3. The van der Waals surface area contributed by atoms with Crippen LogP contribution in [0.15, 0.2) is 45.6 Å². The van der Waals surface area contributed by atoms with Gasteiger partial charge in [-0.15, -0.1) is 0 Å². The highest BCUT2D eigenvalue weighted by Crippen LogP contribution is 2.11. The Morgan fingerprint density at radius 2 is 1.67 bits per heavy atom. The first-order chi connectivity index (χ1) is 13.0. The van der Waals surface area contributed by atoms with Gasteiger partial charge in [0, 0.05) is 46.1 Å². The molecule has 2 aromatic rings. The molecular formula is C19H23N3O5. The molecule has 1 aliphatic heterocycles. The van der Waals surface area contributed by atoms with Crippen molar-refractivity contribution in [3.8, 4) is 0 Å². The number of furan rings is 2. The Kier molecular flexibility index (Phi) is 5.95. The number of hydrogen-bond acceptors (Lipinski definition) is 5. The van der Waals surface area contributed by atoms with E-state index in [4.69, 9.17) is 8.83 Å². The monoisotopic (exact) mass is 373 g/mol. The van der Waals surface area contributed by atoms with E-state index in [-0.39, 0.29) is 24.1 Å². The third kappa shape index (κ3) is 4.78. The zero-order valence-corrected chi connectivity index (χ0v) is 15.3. The van der Waals surface area contributed by atoms with Gasteiger partial charge in [-0.05, 0) is 24.3 Å². The maximum Gasteiger partial charge on any atom is 0.289 e. The fourth-order valence-corrected chi connectivity index (χ4v) is 3.04. The van der Waals surface area contributed by atoms with Gasteiger partial charge in [0.05, 0.1) is 19.1 Å². The van der Waals surface area contributed by atoms with Crippen LogP contribution in [-0.2, 0) is 16.1 Å². The third-order valence-electron chi connectivity index (χ3n) is 4.62. The molecule has 0 unspecified atom stereocenters. The number of hydrogen-bond donors (Lipinski definition) is 0. The third-order valence-corrected chi connectivity index (χ3v) is 4.62. The van der Waals surface area contributed by atoms with Gasteiger partial charge in [0.15, 0.2) is 5.76 Å². The van der Waals surface area contributed by atoms with E-state index >= 15 is 0 Å². The quantitative estimate of drug-likeness (QED) is 0.767. The molecule has 1 aliphatic rings. The largest absolute Gasteiger partial charge is 0.467 e. The molecule has 3 amide bonds. The molecule has 0 N–H and O–H groups in total. The summed E-state index contributed by atoms with van der Waals surface area (Å²) in [5.74, 6) is 0.708. The fraction of sp³-hybridized carbons (Fsp3) is 0.421. The maximum absolute atomic E-state index is 12.5. The second-order valence-corrected chi connectivity index (χ2v) is 6.42. The predicted molar refractivity (Wildman–Crippen MR) is 95.6 cm³/mol. The zero-order valence-electron chi connectivity index (χ0n) is 15.3. The minimum absolute atomic E-state index is 0.0224. The molecule has 0 saturated carbocycles. The molecular weight excluding hydrogens is 350 g/mol. The summed E-state index contributed by atoms with van der Waals surface area (Å²) in [5.41, 5.74) is 0. The van der Waals surface area contributed by atoms with Crippen LogP contribution in [0, 0.1) is 0 Å². The van der Waals surface area contributed by atoms with Crippen molar-refractivity contribution < 1.29 is 23.2 Å². The second kappa shape index (κ2) is 8.57. The molecule has 27 heavy (non-hydrogen) atoms. The van der Waals surface area contributed by atoms with E-state index in [1.807, 2.05) is 0 Å². The lowest BCUT2D eigenvalue weighted by Gasteiger charge is -2.34. The summed E-state index contributed by atoms with van der Waals surface area (Å²) in [6.07, 6.45) is 3.27. The molecule has 144 valence electrons. The first-order valence-corrected chi connectivity index (χ1v) is 8.93. The van der Waals surface area contributed by atoms with Gasteiger partial charge in [-0.25, -0.2) is 0 Å². The van der Waals surface area contributed by atoms with Crippen LogP contribution < -0.4 is 0 Å². The standard InChI is InChI=1S/C19H23N3O5/c1-15(23)22(14-16-4-2-12-26-16)7-6-18(24)20-8-10-21(11-9-20)19(25)17-5-3-13-27-17/h2-5,12-13H,6-11,14H2,1H3. The molecule has 0 atom stereocenters. The molecule has 1 fully saturated rings. The molecule has 0 aromatic carbocycles. The lowest BCUT2D eigenvalue weighted by atomic mass is 10.2. The van der Waals surface area contributed by atoms with E-state index in [0.29, 0.717) is 50.8 Å². The fourth-order valence-electron chi connectivity index (χ4n) is 3.04. The maximum atomic E-state index is 12.5. The average molecular weight is 373 g/mol. The molecule has 3 rings (SSSR count). The van der Waals surface area contributed by atoms with Crippen LogP contribution in [-0.4, -0.2) is 65.1 Å². The summed E-state index contributed by atoms with van der Waals surface area (Å²) in [4.78, 5) is 41.5. The Balaban J connectivity index is 1.46. The highest BCUT2D eigenvalue weighted by atomic mass is 16.3. The Morgan fingerprint density at radius 1 is 1.00 bits per heavy atom. The Hall–Kier alpha value is -3.03. The molecule has 1 saturated heterocycles. The molecule has 3 heterocycles. The van der Waals surface area contributed by atoms with Crippen molar-refractivity contribution in [3.05, 3.63) is 48.3 Å². The van der Waals surface area contributed by atoms with Crippen molar-refractivity contribution in [2.45, 2.75) is 19.9 Å². The molecule has 8 nitrogen and oxygen atoms in total. The smallest absolute Gasteiger partial charge is 0.289 e. The van der Waals surface area contributed by atoms with Crippen LogP contribution in [0.25, 0.3) is 0 Å². The van der Waals surface area contributed by atoms with Crippen molar-refractivity contribution in [3.63, 3.8) is 0 Å². The topological polar surface area (TPSA) is 87.2 Å². The van der Waals surface area contributed by atoms with Gasteiger partial charge in [-0.3, -0.25) is 14.4 Å². The van der Waals surface area contributed by atoms with Gasteiger partial charge in [0.2, 0.25) is 11.8 Å². The predicted octanol–water partition coefficient (Wildman–Crippen LogP) is 1.60. The first-order valence-electron chi connectivity index (χ1n) is 8.93. The summed E-state index contributed by atoms with van der Waals surface area (Å²) in [6.45, 7) is 4.04. The summed E-state index contributed by atoms with van der Waals surface area (Å²) in [6, 6.07) is 6.88. The first kappa shape index (κ1) is 18.8. The summed E-state index contributed by atoms with van der Waals surface area (Å²) >= 11 is 0. The highest BCUT2D eigenvalue weighted by molar-refractivity contribution is 5.91. The second-order valence-electron chi connectivity index (χ2n) is 6.42. The van der Waals surface area contributed by atoms with Gasteiger partial charge in [0.25, 0.3) is 5.91 Å². The van der Waals surface area contributed by atoms with Gasteiger partial charge in [-0.2, -0.15) is 0 Å². The van der Waals surface area contributed by atoms with Gasteiger partial charge in [0.1, 0.15) is 5.76 Å². The van der Waals surface area contributed by atoms with Gasteiger partial charge >= 0.3 is 0 Å². The van der Waals surface area contributed by atoms with E-state index < -0.39 is 0 Å². The minimum Gasteiger partial charge on any atom is -0.467 e. The van der Waals surface area contributed by atoms with E-state index in [0.717, 1.165) is 0 Å². The lowest BCUT2D eigenvalue weighted by Crippen LogP contribution is -2.51. The van der Waals surface area contributed by atoms with Gasteiger partial charge < -0.3 is 23.5 Å². The van der Waals surface area contributed by atoms with Crippen molar-refractivity contribution in [2.24, 2.45) is 0 Å². The Morgan fingerprint density at radius 3 is 2.26 bits per heavy atom. The SMILES string of the molecule is CC(=O)N(CCC(=O)N1CCN(C(=O)c2ccco2)CC1)Cc1ccco1. The normalized spacial score (nSPS) is 14.3. The molecule has 8 heteroatoms. The number of amides is 3. The lowest BCUT2D eigenvalue weighted by molar-refractivity contribution is -0.135. The van der Waals surface area contributed by atoms with Crippen molar-refractivity contribution in [2.75, 3.05) is 32.7 Å². The van der Waals surface area contributed by atoms with Crippen molar-refractivity contribution in [1.29, 1.82) is 0 Å². The van der Waals surface area contributed by atoms with Crippen LogP contribution in [0.2, 0.25) is 0 Å². The van der Waals surface area contributed by atoms with Crippen LogP contribution in [0.3, 0.4) is 0 Å². The summed E-state index contributed by atoms with van der Waals surface area (Å²) < 4.78 is 10.4. The van der Waals surface area contributed by atoms with E-state index in [2.05, 4.69) is 0 Å². The number of rotatable bonds is 6. The van der Waals surface area contributed by atoms with Crippen LogP contribution >= 0.6 is 0 Å². The van der Waals surface area contributed by atoms with E-state index in [1.54, 1.807) is 45.2 Å².